The van der Waals surface area contributed by atoms with Crippen LogP contribution in [0.2, 0.25) is 0 Å². The summed E-state index contributed by atoms with van der Waals surface area (Å²) in [4.78, 5) is 12.2. The predicted octanol–water partition coefficient (Wildman–Crippen LogP) is 2.20. The molecule has 1 heterocycles. The average molecular weight is 291 g/mol. The molecule has 0 amide bonds. The molecular weight excluding hydrogens is 281 g/mol. The molecule has 0 radical (unpaired) electrons. The molecule has 0 aromatic heterocycles. The quantitative estimate of drug-likeness (QED) is 0.747. The third-order valence-electron chi connectivity index (χ3n) is 3.31. The molecule has 0 fully saturated rings. The standard InChI is InChI=1S/C14H10FNO3S/c1-16-12-5-3-2-4-10(12)14(17)11-7-6-9(15)8-13(11)20(16,18)19/h2-8H,1H3. The van der Waals surface area contributed by atoms with E-state index in [1.807, 2.05) is 0 Å². The Bertz CT molecular complexity index is 830. The molecule has 20 heavy (non-hydrogen) atoms. The first-order valence-corrected chi connectivity index (χ1v) is 7.29. The summed E-state index contributed by atoms with van der Waals surface area (Å²) < 4.78 is 39.3. The van der Waals surface area contributed by atoms with Gasteiger partial charge in [-0.3, -0.25) is 9.10 Å². The molecule has 4 nitrogen and oxygen atoms in total. The first-order chi connectivity index (χ1) is 9.43. The van der Waals surface area contributed by atoms with E-state index in [4.69, 9.17) is 0 Å². The highest BCUT2D eigenvalue weighted by Crippen LogP contribution is 2.34. The zero-order chi connectivity index (χ0) is 14.5. The molecule has 1 aliphatic heterocycles. The maximum absolute atomic E-state index is 13.4. The number of halogens is 1. The van der Waals surface area contributed by atoms with Gasteiger partial charge in [0.15, 0.2) is 5.78 Å². The number of carbonyl (C=O) groups is 1. The Kier molecular flexibility index (Phi) is 2.65. The number of benzene rings is 2. The second kappa shape index (κ2) is 4.14. The van der Waals surface area contributed by atoms with E-state index in [0.717, 1.165) is 16.4 Å². The van der Waals surface area contributed by atoms with Crippen LogP contribution < -0.4 is 4.31 Å². The van der Waals surface area contributed by atoms with Crippen LogP contribution in [-0.4, -0.2) is 21.2 Å². The first-order valence-electron chi connectivity index (χ1n) is 5.85. The van der Waals surface area contributed by atoms with E-state index in [9.17, 15) is 17.6 Å². The SMILES string of the molecule is CN1c2ccccc2C(=O)c2ccc(F)cc2S1(=O)=O. The second-order valence-corrected chi connectivity index (χ2v) is 6.40. The molecular formula is C14H10FNO3S. The van der Waals surface area contributed by atoms with Gasteiger partial charge in [-0.25, -0.2) is 12.8 Å². The van der Waals surface area contributed by atoms with E-state index in [1.165, 1.54) is 13.1 Å². The van der Waals surface area contributed by atoms with Crippen LogP contribution in [0.4, 0.5) is 10.1 Å². The van der Waals surface area contributed by atoms with Crippen molar-refractivity contribution in [3.8, 4) is 0 Å². The summed E-state index contributed by atoms with van der Waals surface area (Å²) in [6.07, 6.45) is 0. The Morgan fingerprint density at radius 3 is 2.50 bits per heavy atom. The second-order valence-electron chi connectivity index (χ2n) is 4.46. The number of hydrogen-bond donors (Lipinski definition) is 0. The molecule has 1 aliphatic rings. The molecule has 0 atom stereocenters. The lowest BCUT2D eigenvalue weighted by Crippen LogP contribution is -2.26. The summed E-state index contributed by atoms with van der Waals surface area (Å²) in [5, 5.41) is 0. The largest absolute Gasteiger partial charge is 0.288 e. The number of ketones is 1. The molecule has 0 N–H and O–H groups in total. The predicted molar refractivity (Wildman–Crippen MR) is 71.9 cm³/mol. The lowest BCUT2D eigenvalue weighted by Gasteiger charge is -2.18. The summed E-state index contributed by atoms with van der Waals surface area (Å²) >= 11 is 0. The fourth-order valence-corrected chi connectivity index (χ4v) is 3.67. The molecule has 2 aromatic rings. The lowest BCUT2D eigenvalue weighted by atomic mass is 10.0. The Hall–Kier alpha value is -2.21. The summed E-state index contributed by atoms with van der Waals surface area (Å²) in [6, 6.07) is 9.58. The van der Waals surface area contributed by atoms with Gasteiger partial charge >= 0.3 is 0 Å². The van der Waals surface area contributed by atoms with E-state index < -0.39 is 21.6 Å². The van der Waals surface area contributed by atoms with Crippen LogP contribution in [0.25, 0.3) is 0 Å². The molecule has 0 aliphatic carbocycles. The Morgan fingerprint density at radius 1 is 1.05 bits per heavy atom. The van der Waals surface area contributed by atoms with Gasteiger partial charge in [-0.05, 0) is 30.3 Å². The average Bonchev–Trinajstić information content (AvgIpc) is 2.50. The molecule has 0 saturated heterocycles. The number of anilines is 1. The highest BCUT2D eigenvalue weighted by Gasteiger charge is 2.34. The van der Waals surface area contributed by atoms with E-state index in [1.54, 1.807) is 24.3 Å². The highest BCUT2D eigenvalue weighted by molar-refractivity contribution is 7.93. The summed E-state index contributed by atoms with van der Waals surface area (Å²) in [5.74, 6) is -1.12. The number of sulfonamides is 1. The first kappa shape index (κ1) is 12.8. The smallest absolute Gasteiger partial charge is 0.264 e. The van der Waals surface area contributed by atoms with Crippen LogP contribution in [0.15, 0.2) is 47.4 Å². The van der Waals surface area contributed by atoms with Crippen molar-refractivity contribution in [2.45, 2.75) is 4.90 Å². The summed E-state index contributed by atoms with van der Waals surface area (Å²) in [6.45, 7) is 0. The number of rotatable bonds is 0. The van der Waals surface area contributed by atoms with Crippen LogP contribution in [0, 0.1) is 5.82 Å². The molecule has 102 valence electrons. The minimum Gasteiger partial charge on any atom is -0.288 e. The number of hydrogen-bond acceptors (Lipinski definition) is 3. The fourth-order valence-electron chi connectivity index (χ4n) is 2.26. The van der Waals surface area contributed by atoms with Crippen molar-refractivity contribution in [1.29, 1.82) is 0 Å². The molecule has 0 bridgehead atoms. The van der Waals surface area contributed by atoms with Crippen LogP contribution in [0.1, 0.15) is 15.9 Å². The fraction of sp³-hybridized carbons (Fsp3) is 0.0714. The van der Waals surface area contributed by atoms with Gasteiger partial charge in [-0.15, -0.1) is 0 Å². The number of para-hydroxylation sites is 1. The Morgan fingerprint density at radius 2 is 1.75 bits per heavy atom. The zero-order valence-electron chi connectivity index (χ0n) is 10.5. The lowest BCUT2D eigenvalue weighted by molar-refractivity contribution is 0.103. The van der Waals surface area contributed by atoms with Crippen molar-refractivity contribution in [2.75, 3.05) is 11.4 Å². The molecule has 0 spiro atoms. The van der Waals surface area contributed by atoms with Crippen LogP contribution >= 0.6 is 0 Å². The molecule has 3 rings (SSSR count). The minimum atomic E-state index is -3.95. The zero-order valence-corrected chi connectivity index (χ0v) is 11.3. The van der Waals surface area contributed by atoms with Gasteiger partial charge in [0.2, 0.25) is 0 Å². The van der Waals surface area contributed by atoms with Gasteiger partial charge in [0.05, 0.1) is 5.69 Å². The normalized spacial score (nSPS) is 16.3. The summed E-state index contributed by atoms with van der Waals surface area (Å²) in [5.41, 5.74) is 0.557. The molecule has 0 saturated carbocycles. The maximum Gasteiger partial charge on any atom is 0.264 e. The van der Waals surface area contributed by atoms with Crippen molar-refractivity contribution in [3.63, 3.8) is 0 Å². The topological polar surface area (TPSA) is 54.5 Å². The van der Waals surface area contributed by atoms with Crippen LogP contribution in [0.3, 0.4) is 0 Å². The Labute approximate surface area is 115 Å². The van der Waals surface area contributed by atoms with E-state index in [-0.39, 0.29) is 21.7 Å². The summed E-state index contributed by atoms with van der Waals surface area (Å²) in [7, 11) is -2.60. The van der Waals surface area contributed by atoms with Gasteiger partial charge in [-0.1, -0.05) is 12.1 Å². The van der Waals surface area contributed by atoms with Gasteiger partial charge in [-0.2, -0.15) is 0 Å². The van der Waals surface area contributed by atoms with Crippen molar-refractivity contribution in [3.05, 3.63) is 59.4 Å². The van der Waals surface area contributed by atoms with Crippen molar-refractivity contribution in [2.24, 2.45) is 0 Å². The third kappa shape index (κ3) is 1.65. The molecule has 6 heteroatoms. The van der Waals surface area contributed by atoms with Crippen molar-refractivity contribution < 1.29 is 17.6 Å². The van der Waals surface area contributed by atoms with Crippen molar-refractivity contribution >= 4 is 21.5 Å². The monoisotopic (exact) mass is 291 g/mol. The Balaban J connectivity index is 2.44. The minimum absolute atomic E-state index is 0.0109. The molecule has 2 aromatic carbocycles. The van der Waals surface area contributed by atoms with Crippen LogP contribution in [0.5, 0.6) is 0 Å². The van der Waals surface area contributed by atoms with Gasteiger partial charge in [0.25, 0.3) is 10.0 Å². The number of carbonyl (C=O) groups excluding carboxylic acids is 1. The third-order valence-corrected chi connectivity index (χ3v) is 5.13. The van der Waals surface area contributed by atoms with Gasteiger partial charge < -0.3 is 0 Å². The number of nitrogens with zero attached hydrogens (tertiary/aromatic N) is 1. The van der Waals surface area contributed by atoms with Crippen LogP contribution in [-0.2, 0) is 10.0 Å². The van der Waals surface area contributed by atoms with Gasteiger partial charge in [0.1, 0.15) is 10.7 Å². The van der Waals surface area contributed by atoms with Crippen molar-refractivity contribution in [1.82, 2.24) is 0 Å². The highest BCUT2D eigenvalue weighted by atomic mass is 32.2. The maximum atomic E-state index is 13.4. The van der Waals surface area contributed by atoms with E-state index in [0.29, 0.717) is 0 Å². The van der Waals surface area contributed by atoms with E-state index >= 15 is 0 Å². The number of fused-ring (bicyclic) bond motifs is 2. The molecule has 0 unspecified atom stereocenters. The van der Waals surface area contributed by atoms with E-state index in [2.05, 4.69) is 0 Å². The van der Waals surface area contributed by atoms with Gasteiger partial charge in [0, 0.05) is 18.2 Å².